The Morgan fingerprint density at radius 1 is 0.380 bits per heavy atom. The maximum Gasteiger partial charge on any atom is 0.472 e. The van der Waals surface area contributed by atoms with Gasteiger partial charge in [-0.15, -0.1) is 0 Å². The molecule has 0 aromatic rings. The number of hydrogen-bond acceptors (Lipinski definition) is 8. The minimum Gasteiger partial charge on any atom is -0.462 e. The lowest BCUT2D eigenvalue weighted by molar-refractivity contribution is -0.161. The van der Waals surface area contributed by atoms with E-state index < -0.39 is 32.5 Å². The molecule has 2 atom stereocenters. The van der Waals surface area contributed by atoms with Gasteiger partial charge < -0.3 is 20.1 Å². The summed E-state index contributed by atoms with van der Waals surface area (Å²) in [5, 5.41) is 0. The highest BCUT2D eigenvalue weighted by atomic mass is 31.2. The van der Waals surface area contributed by atoms with Crippen molar-refractivity contribution in [1.29, 1.82) is 0 Å². The van der Waals surface area contributed by atoms with Gasteiger partial charge in [0.15, 0.2) is 6.10 Å². The SMILES string of the molecule is CC/C=C\C/C=C\C/C=C\C/C=C\C/C=C\C/C=C\C/C=C\C/C=C\C/C=C\CCCCCCCCCCCC(=O)OC(COC(=O)CCCC/C=C\C/C=C\C/C=C\C/C=C\C/C=C\C/C=C\CC)COP(=O)(O)OCCN. The molecular weight excluding hydrogens is 1000 g/mol. The molecule has 0 fully saturated rings. The summed E-state index contributed by atoms with van der Waals surface area (Å²) in [6.45, 7) is 3.43. The summed E-state index contributed by atoms with van der Waals surface area (Å²) < 4.78 is 33.0. The van der Waals surface area contributed by atoms with Crippen LogP contribution < -0.4 is 5.73 Å². The molecule has 9 nitrogen and oxygen atoms in total. The van der Waals surface area contributed by atoms with Crippen LogP contribution in [0.1, 0.15) is 206 Å². The quantitative estimate of drug-likeness (QED) is 0.0264. The molecule has 79 heavy (non-hydrogen) atoms. The number of hydrogen-bond donors (Lipinski definition) is 2. The number of rotatable bonds is 54. The van der Waals surface area contributed by atoms with E-state index in [4.69, 9.17) is 24.3 Å². The fraction of sp³-hybridized carbons (Fsp3) is 0.536. The minimum atomic E-state index is -4.42. The van der Waals surface area contributed by atoms with Crippen molar-refractivity contribution < 1.29 is 37.6 Å². The summed E-state index contributed by atoms with van der Waals surface area (Å²) >= 11 is 0. The van der Waals surface area contributed by atoms with Crippen LogP contribution in [0, 0.1) is 0 Å². The van der Waals surface area contributed by atoms with Crippen molar-refractivity contribution in [2.75, 3.05) is 26.4 Å². The number of allylic oxidation sites excluding steroid dienone is 30. The first-order valence-corrected chi connectivity index (χ1v) is 31.8. The molecule has 0 amide bonds. The van der Waals surface area contributed by atoms with Crippen LogP contribution in [0.15, 0.2) is 182 Å². The topological polar surface area (TPSA) is 134 Å². The molecule has 0 heterocycles. The van der Waals surface area contributed by atoms with Gasteiger partial charge in [0, 0.05) is 19.4 Å². The van der Waals surface area contributed by atoms with E-state index in [9.17, 15) is 19.0 Å². The lowest BCUT2D eigenvalue weighted by Crippen LogP contribution is -2.29. The molecule has 2 unspecified atom stereocenters. The number of unbranched alkanes of at least 4 members (excludes halogenated alkanes) is 11. The third-order valence-corrected chi connectivity index (χ3v) is 12.8. The van der Waals surface area contributed by atoms with Gasteiger partial charge in [-0.1, -0.05) is 241 Å². The standard InChI is InChI=1S/C69H108NO8P/c1-3-5-7-9-11-13-15-17-19-21-23-25-26-27-28-29-30-31-32-33-34-35-36-37-38-39-40-42-44-46-48-50-52-54-56-58-60-62-69(72)78-67(66-77-79(73,74)76-64-63-70)65-75-68(71)61-59-57-55-53-51-49-47-45-43-41-24-22-20-18-16-14-12-10-8-6-4-2/h5-8,11-14,17-20,23-25,27-28,30-31,33-34,36-37,39-41,45,47,51,53,67H,3-4,9-10,15-16,21-22,26,29,32,35,38,42-44,46,48-50,52,54-66,70H2,1-2H3,(H,73,74)/b7-5-,8-6-,13-11-,14-12-,19-17-,20-18-,25-23-,28-27-,31-30-,34-33-,37-36-,40-39-,41-24-,47-45-,53-51-. The second-order valence-electron chi connectivity index (χ2n) is 19.1. The second-order valence-corrected chi connectivity index (χ2v) is 20.6. The van der Waals surface area contributed by atoms with Gasteiger partial charge in [-0.2, -0.15) is 0 Å². The Hall–Kier alpha value is -4.89. The maximum atomic E-state index is 12.7. The van der Waals surface area contributed by atoms with Crippen LogP contribution in [0.2, 0.25) is 0 Å². The molecule has 3 N–H and O–H groups in total. The Morgan fingerprint density at radius 2 is 0.658 bits per heavy atom. The Morgan fingerprint density at radius 3 is 1.00 bits per heavy atom. The molecular formula is C69H108NO8P. The van der Waals surface area contributed by atoms with Crippen LogP contribution in [0.5, 0.6) is 0 Å². The number of ether oxygens (including phenoxy) is 2. The summed E-state index contributed by atoms with van der Waals surface area (Å²) in [7, 11) is -4.42. The van der Waals surface area contributed by atoms with Crippen LogP contribution in [0.3, 0.4) is 0 Å². The van der Waals surface area contributed by atoms with Crippen molar-refractivity contribution >= 4 is 19.8 Å². The van der Waals surface area contributed by atoms with Crippen LogP contribution >= 0.6 is 7.82 Å². The molecule has 0 aliphatic rings. The summed E-state index contributed by atoms with van der Waals surface area (Å²) in [5.41, 5.74) is 5.38. The fourth-order valence-electron chi connectivity index (χ4n) is 7.39. The molecule has 442 valence electrons. The molecule has 0 radical (unpaired) electrons. The first kappa shape index (κ1) is 74.1. The van der Waals surface area contributed by atoms with Crippen molar-refractivity contribution in [3.63, 3.8) is 0 Å². The minimum absolute atomic E-state index is 0.0359. The molecule has 10 heteroatoms. The summed E-state index contributed by atoms with van der Waals surface area (Å²) in [6, 6.07) is 0. The highest BCUT2D eigenvalue weighted by molar-refractivity contribution is 7.47. The highest BCUT2D eigenvalue weighted by Gasteiger charge is 2.26. The average molecular weight is 1110 g/mol. The van der Waals surface area contributed by atoms with Gasteiger partial charge in [0.25, 0.3) is 0 Å². The van der Waals surface area contributed by atoms with E-state index in [1.807, 2.05) is 0 Å². The number of nitrogens with two attached hydrogens (primary N) is 1. The van der Waals surface area contributed by atoms with Crippen molar-refractivity contribution in [3.8, 4) is 0 Å². The van der Waals surface area contributed by atoms with Crippen LogP contribution in [0.4, 0.5) is 0 Å². The van der Waals surface area contributed by atoms with Gasteiger partial charge in [0.2, 0.25) is 0 Å². The highest BCUT2D eigenvalue weighted by Crippen LogP contribution is 2.43. The van der Waals surface area contributed by atoms with Crippen molar-refractivity contribution in [3.05, 3.63) is 182 Å². The molecule has 0 bridgehead atoms. The fourth-order valence-corrected chi connectivity index (χ4v) is 8.16. The van der Waals surface area contributed by atoms with E-state index in [1.165, 1.54) is 32.1 Å². The Bertz CT molecular complexity index is 1940. The van der Waals surface area contributed by atoms with Crippen LogP contribution in [-0.4, -0.2) is 49.3 Å². The van der Waals surface area contributed by atoms with Crippen molar-refractivity contribution in [2.45, 2.75) is 213 Å². The normalized spacial score (nSPS) is 14.3. The first-order chi connectivity index (χ1) is 38.8. The Kier molecular flexibility index (Phi) is 58.5. The molecule has 0 spiro atoms. The smallest absolute Gasteiger partial charge is 0.462 e. The second kappa shape index (κ2) is 62.3. The van der Waals surface area contributed by atoms with E-state index in [0.717, 1.165) is 135 Å². The lowest BCUT2D eigenvalue weighted by Gasteiger charge is -2.19. The average Bonchev–Trinajstić information content (AvgIpc) is 3.44. The largest absolute Gasteiger partial charge is 0.472 e. The van der Waals surface area contributed by atoms with Crippen molar-refractivity contribution in [1.82, 2.24) is 0 Å². The predicted octanol–water partition coefficient (Wildman–Crippen LogP) is 19.6. The third kappa shape index (κ3) is 62.2. The number of carbonyl (C=O) groups excluding carboxylic acids is 2. The van der Waals surface area contributed by atoms with E-state index in [-0.39, 0.29) is 32.6 Å². The third-order valence-electron chi connectivity index (χ3n) is 11.8. The van der Waals surface area contributed by atoms with E-state index in [0.29, 0.717) is 12.8 Å². The summed E-state index contributed by atoms with van der Waals surface area (Å²) in [6.07, 6.45) is 93.8. The number of phosphoric ester groups is 1. The maximum absolute atomic E-state index is 12.7. The molecule has 0 saturated carbocycles. The predicted molar refractivity (Wildman–Crippen MR) is 339 cm³/mol. The van der Waals surface area contributed by atoms with E-state index in [2.05, 4.69) is 196 Å². The van der Waals surface area contributed by atoms with Gasteiger partial charge >= 0.3 is 19.8 Å². The zero-order valence-electron chi connectivity index (χ0n) is 49.3. The summed E-state index contributed by atoms with van der Waals surface area (Å²) in [4.78, 5) is 35.2. The first-order valence-electron chi connectivity index (χ1n) is 30.3. The van der Waals surface area contributed by atoms with Gasteiger partial charge in [0.1, 0.15) is 6.61 Å². The van der Waals surface area contributed by atoms with Gasteiger partial charge in [0.05, 0.1) is 13.2 Å². The van der Waals surface area contributed by atoms with Crippen LogP contribution in [0.25, 0.3) is 0 Å². The molecule has 0 saturated heterocycles. The number of esters is 2. The van der Waals surface area contributed by atoms with Crippen LogP contribution in [-0.2, 0) is 32.7 Å². The van der Waals surface area contributed by atoms with Crippen molar-refractivity contribution in [2.24, 2.45) is 5.73 Å². The lowest BCUT2D eigenvalue weighted by atomic mass is 10.1. The monoisotopic (exact) mass is 1110 g/mol. The zero-order chi connectivity index (χ0) is 57.3. The summed E-state index contributed by atoms with van der Waals surface area (Å²) in [5.74, 6) is -0.901. The number of phosphoric acid groups is 1. The molecule has 0 aliphatic heterocycles. The number of carbonyl (C=O) groups is 2. The Labute approximate surface area is 482 Å². The van der Waals surface area contributed by atoms with Gasteiger partial charge in [-0.25, -0.2) is 4.57 Å². The van der Waals surface area contributed by atoms with Gasteiger partial charge in [-0.3, -0.25) is 18.6 Å². The Balaban J connectivity index is 4.08. The molecule has 0 aromatic carbocycles. The molecule has 0 aromatic heterocycles. The zero-order valence-corrected chi connectivity index (χ0v) is 50.2. The van der Waals surface area contributed by atoms with E-state index >= 15 is 0 Å². The molecule has 0 aliphatic carbocycles. The molecule has 0 rings (SSSR count). The van der Waals surface area contributed by atoms with E-state index in [1.54, 1.807) is 0 Å². The van der Waals surface area contributed by atoms with Gasteiger partial charge in [-0.05, 0) is 135 Å².